The van der Waals surface area contributed by atoms with Gasteiger partial charge in [-0.25, -0.2) is 13.4 Å². The van der Waals surface area contributed by atoms with Gasteiger partial charge < -0.3 is 15.4 Å². The molecule has 0 saturated carbocycles. The quantitative estimate of drug-likeness (QED) is 0.649. The van der Waals surface area contributed by atoms with Crippen LogP contribution in [0.1, 0.15) is 12.8 Å². The number of aromatic nitrogens is 3. The molecule has 3 heterocycles. The van der Waals surface area contributed by atoms with Crippen LogP contribution in [0.3, 0.4) is 0 Å². The van der Waals surface area contributed by atoms with E-state index in [9.17, 15) is 18.5 Å². The summed E-state index contributed by atoms with van der Waals surface area (Å²) in [6.45, 7) is 0.253. The number of hydrogen-bond acceptors (Lipinski definition) is 7. The fourth-order valence-corrected chi connectivity index (χ4v) is 4.15. The van der Waals surface area contributed by atoms with Gasteiger partial charge in [0.15, 0.2) is 15.7 Å². The van der Waals surface area contributed by atoms with E-state index < -0.39 is 20.0 Å². The Bertz CT molecular complexity index is 800. The summed E-state index contributed by atoms with van der Waals surface area (Å²) in [5.41, 5.74) is 0.362. The number of sulfone groups is 1. The van der Waals surface area contributed by atoms with Crippen molar-refractivity contribution in [1.29, 1.82) is 0 Å². The topological polar surface area (TPSA) is 119 Å². The predicted octanol–water partition coefficient (Wildman–Crippen LogP) is 0.627. The zero-order valence-corrected chi connectivity index (χ0v) is 11.8. The van der Waals surface area contributed by atoms with Crippen LogP contribution >= 0.6 is 0 Å². The molecule has 1 aliphatic heterocycles. The summed E-state index contributed by atoms with van der Waals surface area (Å²) in [5, 5.41) is 17.4. The van der Waals surface area contributed by atoms with Gasteiger partial charge in [0.1, 0.15) is 6.20 Å². The Hall–Kier alpha value is -2.23. The fourth-order valence-electron chi connectivity index (χ4n) is 2.39. The molecule has 1 atom stereocenters. The Kier molecular flexibility index (Phi) is 3.24. The highest BCUT2D eigenvalue weighted by molar-refractivity contribution is 7.92. The molecule has 112 valence electrons. The molecule has 0 aromatic carbocycles. The summed E-state index contributed by atoms with van der Waals surface area (Å²) >= 11 is 0. The van der Waals surface area contributed by atoms with E-state index in [4.69, 9.17) is 0 Å². The molecule has 0 aliphatic carbocycles. The highest BCUT2D eigenvalue weighted by atomic mass is 32.2. The van der Waals surface area contributed by atoms with Crippen molar-refractivity contribution in [3.8, 4) is 0 Å². The lowest BCUT2D eigenvalue weighted by atomic mass is 10.2. The Labute approximate surface area is 120 Å². The van der Waals surface area contributed by atoms with Crippen LogP contribution in [0.4, 0.5) is 11.6 Å². The molecular weight excluding hydrogens is 298 g/mol. The van der Waals surface area contributed by atoms with E-state index in [2.05, 4.69) is 15.4 Å². The first-order chi connectivity index (χ1) is 9.97. The lowest BCUT2D eigenvalue weighted by molar-refractivity contribution is -0.391. The van der Waals surface area contributed by atoms with Crippen molar-refractivity contribution in [2.45, 2.75) is 18.1 Å². The van der Waals surface area contributed by atoms with Crippen molar-refractivity contribution in [3.63, 3.8) is 0 Å². The Morgan fingerprint density at radius 2 is 2.29 bits per heavy atom. The molecular formula is C11H13N5O4S. The van der Waals surface area contributed by atoms with Crippen molar-refractivity contribution in [2.75, 3.05) is 17.6 Å². The van der Waals surface area contributed by atoms with Crippen LogP contribution in [0.2, 0.25) is 0 Å². The Morgan fingerprint density at radius 3 is 2.95 bits per heavy atom. The van der Waals surface area contributed by atoms with E-state index >= 15 is 0 Å². The molecule has 9 nitrogen and oxygen atoms in total. The monoisotopic (exact) mass is 311 g/mol. The standard InChI is InChI=1S/C11H13N5O4S/c17-16(18)11-7-13-10-4-3-9(14-15(10)11)12-6-8-2-1-5-21(8,19)20/h3-4,7-8H,1-2,5-6H2,(H,12,14). The van der Waals surface area contributed by atoms with E-state index in [0.29, 0.717) is 24.3 Å². The lowest BCUT2D eigenvalue weighted by Crippen LogP contribution is -2.25. The molecule has 2 aromatic heterocycles. The van der Waals surface area contributed by atoms with Gasteiger partial charge in [-0.1, -0.05) is 9.61 Å². The molecule has 1 fully saturated rings. The minimum absolute atomic E-state index is 0.221. The average Bonchev–Trinajstić information content (AvgIpc) is 2.98. The van der Waals surface area contributed by atoms with Crippen molar-refractivity contribution in [2.24, 2.45) is 0 Å². The summed E-state index contributed by atoms with van der Waals surface area (Å²) in [7, 11) is -3.03. The first-order valence-electron chi connectivity index (χ1n) is 6.42. The van der Waals surface area contributed by atoms with Crippen molar-refractivity contribution >= 4 is 27.1 Å². The predicted molar refractivity (Wildman–Crippen MR) is 74.9 cm³/mol. The number of imidazole rings is 1. The normalized spacial score (nSPS) is 20.7. The molecule has 1 unspecified atom stereocenters. The molecule has 1 N–H and O–H groups in total. The van der Waals surface area contributed by atoms with Crippen LogP contribution in [0, 0.1) is 10.1 Å². The lowest BCUT2D eigenvalue weighted by Gasteiger charge is -2.10. The van der Waals surface area contributed by atoms with Crippen LogP contribution in [0.5, 0.6) is 0 Å². The second-order valence-electron chi connectivity index (χ2n) is 4.87. The SMILES string of the molecule is O=[N+]([O-])c1cnc2ccc(NCC3CCCS3(=O)=O)nn12. The number of nitrogens with zero attached hydrogens (tertiary/aromatic N) is 4. The minimum atomic E-state index is -3.03. The molecule has 0 bridgehead atoms. The van der Waals surface area contributed by atoms with E-state index in [1.807, 2.05) is 0 Å². The third-order valence-electron chi connectivity index (χ3n) is 3.51. The highest BCUT2D eigenvalue weighted by Gasteiger charge is 2.31. The zero-order chi connectivity index (χ0) is 15.0. The maximum atomic E-state index is 11.7. The molecule has 1 aliphatic rings. The van der Waals surface area contributed by atoms with E-state index in [-0.39, 0.29) is 18.1 Å². The number of nitro groups is 1. The van der Waals surface area contributed by atoms with Crippen molar-refractivity contribution in [1.82, 2.24) is 14.6 Å². The third kappa shape index (κ3) is 2.53. The fraction of sp³-hybridized carbons (Fsp3) is 0.455. The first-order valence-corrected chi connectivity index (χ1v) is 8.13. The van der Waals surface area contributed by atoms with Gasteiger partial charge in [0.2, 0.25) is 5.65 Å². The Morgan fingerprint density at radius 1 is 1.48 bits per heavy atom. The second-order valence-corrected chi connectivity index (χ2v) is 7.27. The number of hydrogen-bond donors (Lipinski definition) is 1. The van der Waals surface area contributed by atoms with E-state index in [1.54, 1.807) is 12.1 Å². The van der Waals surface area contributed by atoms with Gasteiger partial charge >= 0.3 is 5.82 Å². The number of rotatable bonds is 4. The molecule has 0 amide bonds. The molecule has 21 heavy (non-hydrogen) atoms. The summed E-state index contributed by atoms with van der Waals surface area (Å²) < 4.78 is 24.6. The highest BCUT2D eigenvalue weighted by Crippen LogP contribution is 2.20. The summed E-state index contributed by atoms with van der Waals surface area (Å²) in [4.78, 5) is 14.2. The zero-order valence-electron chi connectivity index (χ0n) is 11.0. The minimum Gasteiger partial charge on any atom is -0.366 e. The molecule has 3 rings (SSSR count). The second kappa shape index (κ2) is 4.95. The van der Waals surface area contributed by atoms with Gasteiger partial charge in [-0.05, 0) is 23.8 Å². The summed E-state index contributed by atoms with van der Waals surface area (Å²) in [6, 6.07) is 3.21. The van der Waals surface area contributed by atoms with Crippen molar-refractivity contribution < 1.29 is 13.3 Å². The van der Waals surface area contributed by atoms with Gasteiger partial charge in [-0.3, -0.25) is 0 Å². The van der Waals surface area contributed by atoms with Crippen LogP contribution < -0.4 is 5.32 Å². The van der Waals surface area contributed by atoms with Gasteiger partial charge in [0.25, 0.3) is 0 Å². The molecule has 0 spiro atoms. The van der Waals surface area contributed by atoms with E-state index in [1.165, 1.54) is 0 Å². The third-order valence-corrected chi connectivity index (χ3v) is 5.78. The largest absolute Gasteiger partial charge is 0.368 e. The van der Waals surface area contributed by atoms with Crippen LogP contribution in [0.25, 0.3) is 5.65 Å². The molecule has 2 aromatic rings. The number of anilines is 1. The number of nitrogens with one attached hydrogen (secondary N) is 1. The number of fused-ring (bicyclic) bond motifs is 1. The van der Waals surface area contributed by atoms with Crippen molar-refractivity contribution in [3.05, 3.63) is 28.4 Å². The van der Waals surface area contributed by atoms with Gasteiger partial charge in [-0.15, -0.1) is 0 Å². The smallest absolute Gasteiger partial charge is 0.366 e. The summed E-state index contributed by atoms with van der Waals surface area (Å²) in [6.07, 6.45) is 2.43. The van der Waals surface area contributed by atoms with Crippen LogP contribution in [-0.2, 0) is 9.84 Å². The van der Waals surface area contributed by atoms with Gasteiger partial charge in [0.05, 0.1) is 11.0 Å². The van der Waals surface area contributed by atoms with Crippen LogP contribution in [-0.4, -0.2) is 45.5 Å². The maximum Gasteiger partial charge on any atom is 0.368 e. The van der Waals surface area contributed by atoms with Crippen LogP contribution in [0.15, 0.2) is 18.3 Å². The molecule has 0 radical (unpaired) electrons. The molecule has 10 heteroatoms. The average molecular weight is 311 g/mol. The summed E-state index contributed by atoms with van der Waals surface area (Å²) in [5.74, 6) is 0.367. The molecule has 1 saturated heterocycles. The van der Waals surface area contributed by atoms with Gasteiger partial charge in [-0.2, -0.15) is 0 Å². The van der Waals surface area contributed by atoms with Gasteiger partial charge in [0, 0.05) is 12.6 Å². The maximum absolute atomic E-state index is 11.7. The van der Waals surface area contributed by atoms with E-state index in [0.717, 1.165) is 10.7 Å². The first kappa shape index (κ1) is 13.7. The Balaban J connectivity index is 1.81.